The third kappa shape index (κ3) is 3.73. The van der Waals surface area contributed by atoms with Gasteiger partial charge in [-0.1, -0.05) is 17.8 Å². The van der Waals surface area contributed by atoms with E-state index < -0.39 is 11.2 Å². The van der Waals surface area contributed by atoms with Gasteiger partial charge in [0.1, 0.15) is 10.4 Å². The minimum atomic E-state index is -0.497. The number of anilines is 1. The second-order valence-corrected chi connectivity index (χ2v) is 8.71. The number of hydrogen-bond acceptors (Lipinski definition) is 9. The third-order valence-corrected chi connectivity index (χ3v) is 6.56. The van der Waals surface area contributed by atoms with Gasteiger partial charge >= 0.3 is 5.69 Å². The predicted molar refractivity (Wildman–Crippen MR) is 115 cm³/mol. The molecule has 0 saturated heterocycles. The number of aryl methyl sites for hydroxylation is 1. The molecule has 0 atom stereocenters. The summed E-state index contributed by atoms with van der Waals surface area (Å²) in [5.74, 6) is 0.163. The lowest BCUT2D eigenvalue weighted by Crippen LogP contribution is -2.37. The zero-order valence-corrected chi connectivity index (χ0v) is 17.7. The molecule has 9 nitrogen and oxygen atoms in total. The Morgan fingerprint density at radius 3 is 2.69 bits per heavy atom. The molecular formula is C17H14N6O3S3. The van der Waals surface area contributed by atoms with Crippen molar-refractivity contribution >= 4 is 56.5 Å². The molecule has 0 fully saturated rings. The molecule has 0 aromatic carbocycles. The molecule has 0 unspecified atom stereocenters. The van der Waals surface area contributed by atoms with Gasteiger partial charge < -0.3 is 5.32 Å². The summed E-state index contributed by atoms with van der Waals surface area (Å²) in [6, 6.07) is 3.72. The van der Waals surface area contributed by atoms with Crippen molar-refractivity contribution < 1.29 is 4.79 Å². The average molecular weight is 447 g/mol. The van der Waals surface area contributed by atoms with Crippen LogP contribution in [0, 0.1) is 0 Å². The van der Waals surface area contributed by atoms with Crippen LogP contribution in [0.1, 0.15) is 0 Å². The summed E-state index contributed by atoms with van der Waals surface area (Å²) in [5.41, 5.74) is -0.737. The first kappa shape index (κ1) is 19.5. The zero-order chi connectivity index (χ0) is 20.5. The first-order valence-electron chi connectivity index (χ1n) is 8.29. The Kier molecular flexibility index (Phi) is 5.30. The van der Waals surface area contributed by atoms with Gasteiger partial charge in [0.05, 0.1) is 10.6 Å². The fourth-order valence-electron chi connectivity index (χ4n) is 2.62. The van der Waals surface area contributed by atoms with Crippen molar-refractivity contribution in [3.05, 3.63) is 49.9 Å². The average Bonchev–Trinajstić information content (AvgIpc) is 3.42. The summed E-state index contributed by atoms with van der Waals surface area (Å²) in [6.07, 6.45) is 1.60. The molecule has 1 amide bonds. The van der Waals surface area contributed by atoms with Gasteiger partial charge in [0, 0.05) is 25.7 Å². The molecule has 4 aromatic rings. The first-order valence-corrected chi connectivity index (χ1v) is 11.0. The lowest BCUT2D eigenvalue weighted by molar-refractivity contribution is -0.113. The topological polar surface area (TPSA) is 112 Å². The van der Waals surface area contributed by atoms with E-state index in [0.29, 0.717) is 16.0 Å². The standard InChI is InChI=1S/C17H14N6O3S3/c1-22-13-11(15(25)23(2)17(22)26)14(21-12(20-13)9-4-3-6-27-9)29-8-10(24)19-16-18-5-7-28-16/h3-7H,8H2,1-2H3,(H,18,19,24). The molecule has 0 bridgehead atoms. The van der Waals surface area contributed by atoms with Crippen LogP contribution in [0.3, 0.4) is 0 Å². The van der Waals surface area contributed by atoms with Crippen molar-refractivity contribution in [2.75, 3.05) is 11.1 Å². The Morgan fingerprint density at radius 2 is 2.00 bits per heavy atom. The molecule has 1 N–H and O–H groups in total. The van der Waals surface area contributed by atoms with Gasteiger partial charge in [-0.15, -0.1) is 22.7 Å². The second-order valence-electron chi connectivity index (χ2n) is 5.91. The molecule has 0 aliphatic rings. The van der Waals surface area contributed by atoms with Crippen LogP contribution in [-0.4, -0.2) is 35.7 Å². The molecule has 4 heterocycles. The van der Waals surface area contributed by atoms with Crippen molar-refractivity contribution in [2.24, 2.45) is 14.1 Å². The SMILES string of the molecule is Cn1c(=O)c2c(SCC(=O)Nc3nccs3)nc(-c3cccs3)nc2n(C)c1=O. The summed E-state index contributed by atoms with van der Waals surface area (Å²) in [7, 11) is 2.96. The smallest absolute Gasteiger partial charge is 0.301 e. The number of carbonyl (C=O) groups excluding carboxylic acids is 1. The van der Waals surface area contributed by atoms with Gasteiger partial charge in [0.2, 0.25) is 5.91 Å². The number of carbonyl (C=O) groups is 1. The van der Waals surface area contributed by atoms with Crippen LogP contribution in [0.2, 0.25) is 0 Å². The molecule has 0 aliphatic carbocycles. The molecule has 4 rings (SSSR count). The van der Waals surface area contributed by atoms with Crippen molar-refractivity contribution in [2.45, 2.75) is 5.03 Å². The molecule has 4 aromatic heterocycles. The fourth-order valence-corrected chi connectivity index (χ4v) is 4.64. The normalized spacial score (nSPS) is 11.1. The summed E-state index contributed by atoms with van der Waals surface area (Å²) in [5, 5.41) is 7.41. The summed E-state index contributed by atoms with van der Waals surface area (Å²) in [6.45, 7) is 0. The Hall–Kier alpha value is -2.83. The number of fused-ring (bicyclic) bond motifs is 1. The lowest BCUT2D eigenvalue weighted by atomic mass is 10.3. The largest absolute Gasteiger partial charge is 0.332 e. The molecule has 0 radical (unpaired) electrons. The van der Waals surface area contributed by atoms with Gasteiger partial charge in [-0.3, -0.25) is 18.7 Å². The lowest BCUT2D eigenvalue weighted by Gasteiger charge is -2.11. The van der Waals surface area contributed by atoms with Crippen LogP contribution in [0.25, 0.3) is 21.7 Å². The Morgan fingerprint density at radius 1 is 1.17 bits per heavy atom. The number of thiazole rings is 1. The number of amides is 1. The summed E-state index contributed by atoms with van der Waals surface area (Å²) in [4.78, 5) is 51.2. The van der Waals surface area contributed by atoms with Crippen LogP contribution in [0.4, 0.5) is 5.13 Å². The van der Waals surface area contributed by atoms with Crippen molar-refractivity contribution in [3.63, 3.8) is 0 Å². The van der Waals surface area contributed by atoms with Crippen molar-refractivity contribution in [1.29, 1.82) is 0 Å². The number of rotatable bonds is 5. The number of aromatic nitrogens is 5. The molecule has 0 spiro atoms. The van der Waals surface area contributed by atoms with Crippen LogP contribution in [0.15, 0.2) is 43.7 Å². The Labute approximate surface area is 176 Å². The number of nitrogens with one attached hydrogen (secondary N) is 1. The first-order chi connectivity index (χ1) is 14.0. The van der Waals surface area contributed by atoms with E-state index in [1.807, 2.05) is 17.5 Å². The van der Waals surface area contributed by atoms with Crippen LogP contribution in [-0.2, 0) is 18.9 Å². The van der Waals surface area contributed by atoms with E-state index >= 15 is 0 Å². The van der Waals surface area contributed by atoms with E-state index in [2.05, 4.69) is 20.3 Å². The summed E-state index contributed by atoms with van der Waals surface area (Å²) < 4.78 is 2.32. The van der Waals surface area contributed by atoms with Gasteiger partial charge in [0.25, 0.3) is 5.56 Å². The maximum absolute atomic E-state index is 12.8. The fraction of sp³-hybridized carbons (Fsp3) is 0.176. The highest BCUT2D eigenvalue weighted by Crippen LogP contribution is 2.28. The predicted octanol–water partition coefficient (Wildman–Crippen LogP) is 1.94. The van der Waals surface area contributed by atoms with Gasteiger partial charge in [-0.2, -0.15) is 0 Å². The maximum atomic E-state index is 12.8. The third-order valence-electron chi connectivity index (χ3n) is 4.03. The van der Waals surface area contributed by atoms with Gasteiger partial charge in [-0.05, 0) is 11.4 Å². The van der Waals surface area contributed by atoms with Crippen LogP contribution >= 0.6 is 34.4 Å². The quantitative estimate of drug-likeness (QED) is 0.368. The number of nitrogens with zero attached hydrogens (tertiary/aromatic N) is 5. The van der Waals surface area contributed by atoms with E-state index in [0.717, 1.165) is 21.2 Å². The van der Waals surface area contributed by atoms with Crippen molar-refractivity contribution in [3.8, 4) is 10.7 Å². The van der Waals surface area contributed by atoms with E-state index in [1.165, 1.54) is 34.3 Å². The Balaban J connectivity index is 1.79. The highest BCUT2D eigenvalue weighted by Gasteiger charge is 2.19. The number of thiophene rings is 1. The molecule has 12 heteroatoms. The molecule has 148 valence electrons. The van der Waals surface area contributed by atoms with Gasteiger partial charge in [-0.25, -0.2) is 19.7 Å². The Bertz CT molecular complexity index is 1310. The minimum absolute atomic E-state index is 0.0293. The van der Waals surface area contributed by atoms with Gasteiger partial charge in [0.15, 0.2) is 16.6 Å². The van der Waals surface area contributed by atoms with E-state index in [4.69, 9.17) is 0 Å². The highest BCUT2D eigenvalue weighted by atomic mass is 32.2. The molecule has 29 heavy (non-hydrogen) atoms. The number of hydrogen-bond donors (Lipinski definition) is 1. The second kappa shape index (κ2) is 7.89. The highest BCUT2D eigenvalue weighted by molar-refractivity contribution is 8.00. The summed E-state index contributed by atoms with van der Waals surface area (Å²) >= 11 is 3.88. The maximum Gasteiger partial charge on any atom is 0.332 e. The zero-order valence-electron chi connectivity index (χ0n) is 15.3. The van der Waals surface area contributed by atoms with Crippen molar-refractivity contribution in [1.82, 2.24) is 24.1 Å². The molecule has 0 aliphatic heterocycles. The monoisotopic (exact) mass is 446 g/mol. The van der Waals surface area contributed by atoms with Crippen LogP contribution < -0.4 is 16.6 Å². The van der Waals surface area contributed by atoms with E-state index in [-0.39, 0.29) is 22.7 Å². The van der Waals surface area contributed by atoms with Crippen LogP contribution in [0.5, 0.6) is 0 Å². The number of thioether (sulfide) groups is 1. The minimum Gasteiger partial charge on any atom is -0.301 e. The van der Waals surface area contributed by atoms with E-state index in [9.17, 15) is 14.4 Å². The molecular weight excluding hydrogens is 432 g/mol. The molecule has 0 saturated carbocycles. The van der Waals surface area contributed by atoms with E-state index in [1.54, 1.807) is 18.6 Å².